The number of carbonyl (C=O) groups excluding carboxylic acids is 1. The highest BCUT2D eigenvalue weighted by Gasteiger charge is 2.31. The van der Waals surface area contributed by atoms with Crippen LogP contribution in [0.25, 0.3) is 0 Å². The fourth-order valence-electron chi connectivity index (χ4n) is 3.34. The van der Waals surface area contributed by atoms with Crippen LogP contribution in [0, 0.1) is 12.8 Å². The molecule has 0 spiro atoms. The summed E-state index contributed by atoms with van der Waals surface area (Å²) in [6.45, 7) is 3.42. The molecule has 1 saturated carbocycles. The number of hydrogen-bond acceptors (Lipinski definition) is 4. The summed E-state index contributed by atoms with van der Waals surface area (Å²) in [5.41, 5.74) is 0. The van der Waals surface area contributed by atoms with Gasteiger partial charge in [-0.25, -0.2) is 4.98 Å². The number of hydrogen-bond donors (Lipinski definition) is 0. The van der Waals surface area contributed by atoms with Crippen molar-refractivity contribution in [3.63, 3.8) is 0 Å². The van der Waals surface area contributed by atoms with Gasteiger partial charge in [0.05, 0.1) is 6.54 Å². The molecule has 0 N–H and O–H groups in total. The van der Waals surface area contributed by atoms with E-state index in [0.29, 0.717) is 24.2 Å². The van der Waals surface area contributed by atoms with Crippen molar-refractivity contribution in [1.29, 1.82) is 0 Å². The zero-order valence-corrected chi connectivity index (χ0v) is 12.6. The molecule has 1 atom stereocenters. The van der Waals surface area contributed by atoms with Gasteiger partial charge in [-0.15, -0.1) is 0 Å². The van der Waals surface area contributed by atoms with Crippen LogP contribution in [0.15, 0.2) is 12.3 Å². The third-order valence-electron chi connectivity index (χ3n) is 4.43. The molecule has 0 radical (unpaired) electrons. The molecule has 2 fully saturated rings. The second-order valence-electron chi connectivity index (χ2n) is 6.09. The maximum absolute atomic E-state index is 12.5. The first kappa shape index (κ1) is 14.3. The summed E-state index contributed by atoms with van der Waals surface area (Å²) in [6, 6.07) is 1.78. The quantitative estimate of drug-likeness (QED) is 0.857. The van der Waals surface area contributed by atoms with E-state index in [1.54, 1.807) is 12.3 Å². The molecule has 2 aliphatic rings. The van der Waals surface area contributed by atoms with Crippen LogP contribution in [-0.4, -0.2) is 40.0 Å². The number of ether oxygens (including phenoxy) is 1. The fourth-order valence-corrected chi connectivity index (χ4v) is 3.34. The minimum absolute atomic E-state index is 0.0541. The van der Waals surface area contributed by atoms with E-state index in [1.807, 2.05) is 11.8 Å². The van der Waals surface area contributed by atoms with E-state index in [9.17, 15) is 4.79 Å². The average molecular weight is 289 g/mol. The van der Waals surface area contributed by atoms with Gasteiger partial charge in [0, 0.05) is 24.7 Å². The van der Waals surface area contributed by atoms with E-state index >= 15 is 0 Å². The van der Waals surface area contributed by atoms with Crippen LogP contribution in [0.5, 0.6) is 5.88 Å². The van der Waals surface area contributed by atoms with Crippen molar-refractivity contribution in [2.24, 2.45) is 5.92 Å². The normalized spacial score (nSPS) is 23.3. The zero-order valence-electron chi connectivity index (χ0n) is 12.6. The van der Waals surface area contributed by atoms with Gasteiger partial charge in [0.1, 0.15) is 11.9 Å². The molecule has 0 bridgehead atoms. The van der Waals surface area contributed by atoms with Crippen molar-refractivity contribution in [1.82, 2.24) is 14.9 Å². The van der Waals surface area contributed by atoms with E-state index < -0.39 is 0 Å². The lowest BCUT2D eigenvalue weighted by Crippen LogP contribution is -2.46. The molecule has 1 saturated heterocycles. The van der Waals surface area contributed by atoms with Crippen LogP contribution < -0.4 is 4.74 Å². The van der Waals surface area contributed by atoms with Gasteiger partial charge >= 0.3 is 0 Å². The largest absolute Gasteiger partial charge is 0.472 e. The summed E-state index contributed by atoms with van der Waals surface area (Å²) in [5.74, 6) is 1.91. The Bertz CT molecular complexity index is 500. The number of likely N-dealkylation sites (tertiary alicyclic amines) is 1. The van der Waals surface area contributed by atoms with E-state index in [-0.39, 0.29) is 12.0 Å². The number of aryl methyl sites for hydroxylation is 1. The third-order valence-corrected chi connectivity index (χ3v) is 4.43. The molecule has 1 amide bonds. The molecular weight excluding hydrogens is 266 g/mol. The van der Waals surface area contributed by atoms with Crippen LogP contribution in [0.1, 0.15) is 44.3 Å². The lowest BCUT2D eigenvalue weighted by Gasteiger charge is -2.34. The predicted octanol–water partition coefficient (Wildman–Crippen LogP) is 2.35. The molecule has 1 aromatic heterocycles. The smallest absolute Gasteiger partial charge is 0.225 e. The number of carbonyl (C=O) groups is 1. The first-order valence-electron chi connectivity index (χ1n) is 7.97. The molecule has 1 aliphatic carbocycles. The van der Waals surface area contributed by atoms with Crippen molar-refractivity contribution in [3.05, 3.63) is 18.1 Å². The number of rotatable bonds is 3. The van der Waals surface area contributed by atoms with Crippen molar-refractivity contribution >= 4 is 5.91 Å². The highest BCUT2D eigenvalue weighted by atomic mass is 16.5. The first-order valence-corrected chi connectivity index (χ1v) is 7.97. The molecule has 5 nitrogen and oxygen atoms in total. The molecule has 3 rings (SSSR count). The van der Waals surface area contributed by atoms with Crippen LogP contribution >= 0.6 is 0 Å². The van der Waals surface area contributed by atoms with Crippen molar-refractivity contribution in [2.45, 2.75) is 51.6 Å². The Morgan fingerprint density at radius 3 is 2.86 bits per heavy atom. The first-order chi connectivity index (χ1) is 10.2. The molecule has 0 unspecified atom stereocenters. The van der Waals surface area contributed by atoms with Crippen LogP contribution in [0.3, 0.4) is 0 Å². The Labute approximate surface area is 125 Å². The van der Waals surface area contributed by atoms with Gasteiger partial charge in [-0.05, 0) is 32.6 Å². The molecule has 5 heteroatoms. The van der Waals surface area contributed by atoms with Gasteiger partial charge in [-0.1, -0.05) is 12.8 Å². The van der Waals surface area contributed by atoms with Gasteiger partial charge in [0.2, 0.25) is 11.8 Å². The summed E-state index contributed by atoms with van der Waals surface area (Å²) in [7, 11) is 0. The maximum atomic E-state index is 12.5. The Kier molecular flexibility index (Phi) is 4.36. The fraction of sp³-hybridized carbons (Fsp3) is 0.688. The molecule has 2 heterocycles. The van der Waals surface area contributed by atoms with Crippen molar-refractivity contribution < 1.29 is 9.53 Å². The standard InChI is InChI=1S/C16H23N3O2/c1-12-17-9-8-15(18-12)21-14-7-4-10-19(11-14)16(20)13-5-2-3-6-13/h8-9,13-14H,2-7,10-11H2,1H3/t14-/m0/s1. The summed E-state index contributed by atoms with van der Waals surface area (Å²) in [5, 5.41) is 0. The van der Waals surface area contributed by atoms with Gasteiger partial charge in [0.25, 0.3) is 0 Å². The van der Waals surface area contributed by atoms with E-state index in [4.69, 9.17) is 4.74 Å². The highest BCUT2D eigenvalue weighted by molar-refractivity contribution is 5.79. The SMILES string of the molecule is Cc1nccc(O[C@H]2CCCN(C(=O)C3CCCC3)C2)n1. The number of piperidine rings is 1. The number of nitrogens with zero attached hydrogens (tertiary/aromatic N) is 3. The van der Waals surface area contributed by atoms with Crippen LogP contribution in [0.4, 0.5) is 0 Å². The Balaban J connectivity index is 1.59. The summed E-state index contributed by atoms with van der Waals surface area (Å²) in [6.07, 6.45) is 8.28. The van der Waals surface area contributed by atoms with Gasteiger partial charge in [-0.2, -0.15) is 4.98 Å². The topological polar surface area (TPSA) is 55.3 Å². The van der Waals surface area contributed by atoms with Crippen LogP contribution in [0.2, 0.25) is 0 Å². The van der Waals surface area contributed by atoms with Crippen LogP contribution in [-0.2, 0) is 4.79 Å². The third kappa shape index (κ3) is 3.52. The Morgan fingerprint density at radius 1 is 1.29 bits per heavy atom. The lowest BCUT2D eigenvalue weighted by molar-refractivity contribution is -0.138. The summed E-state index contributed by atoms with van der Waals surface area (Å²) in [4.78, 5) is 22.8. The van der Waals surface area contributed by atoms with E-state index in [1.165, 1.54) is 12.8 Å². The number of amides is 1. The summed E-state index contributed by atoms with van der Waals surface area (Å²) >= 11 is 0. The minimum atomic E-state index is 0.0541. The predicted molar refractivity (Wildman–Crippen MR) is 79.0 cm³/mol. The molecule has 114 valence electrons. The monoisotopic (exact) mass is 289 g/mol. The van der Waals surface area contributed by atoms with Crippen molar-refractivity contribution in [3.8, 4) is 5.88 Å². The summed E-state index contributed by atoms with van der Waals surface area (Å²) < 4.78 is 5.93. The number of aromatic nitrogens is 2. The van der Waals surface area contributed by atoms with E-state index in [0.717, 1.165) is 32.2 Å². The Hall–Kier alpha value is -1.65. The van der Waals surface area contributed by atoms with E-state index in [2.05, 4.69) is 9.97 Å². The molecular formula is C16H23N3O2. The van der Waals surface area contributed by atoms with Gasteiger partial charge in [0.15, 0.2) is 0 Å². The minimum Gasteiger partial charge on any atom is -0.472 e. The average Bonchev–Trinajstić information content (AvgIpc) is 3.01. The highest BCUT2D eigenvalue weighted by Crippen LogP contribution is 2.28. The second-order valence-corrected chi connectivity index (χ2v) is 6.09. The maximum Gasteiger partial charge on any atom is 0.225 e. The molecule has 1 aromatic rings. The lowest BCUT2D eigenvalue weighted by atomic mass is 10.0. The Morgan fingerprint density at radius 2 is 2.10 bits per heavy atom. The molecule has 0 aromatic carbocycles. The molecule has 1 aliphatic heterocycles. The van der Waals surface area contributed by atoms with Gasteiger partial charge in [-0.3, -0.25) is 4.79 Å². The van der Waals surface area contributed by atoms with Crippen molar-refractivity contribution in [2.75, 3.05) is 13.1 Å². The molecule has 21 heavy (non-hydrogen) atoms. The zero-order chi connectivity index (χ0) is 14.7. The second kappa shape index (κ2) is 6.41. The van der Waals surface area contributed by atoms with Gasteiger partial charge < -0.3 is 9.64 Å².